The van der Waals surface area contributed by atoms with Gasteiger partial charge in [-0.2, -0.15) is 0 Å². The van der Waals surface area contributed by atoms with Crippen molar-refractivity contribution in [3.63, 3.8) is 0 Å². The number of anilines is 1. The van der Waals surface area contributed by atoms with Crippen LogP contribution in [0.5, 0.6) is 0 Å². The van der Waals surface area contributed by atoms with E-state index in [-0.39, 0.29) is 17.8 Å². The molecular weight excluding hydrogens is 208 g/mol. The van der Waals surface area contributed by atoms with Crippen LogP contribution in [0.15, 0.2) is 18.3 Å². The average Bonchev–Trinajstić information content (AvgIpc) is 2.24. The van der Waals surface area contributed by atoms with Gasteiger partial charge in [-0.05, 0) is 31.4 Å². The van der Waals surface area contributed by atoms with Gasteiger partial charge in [0.05, 0.1) is 12.1 Å². The van der Waals surface area contributed by atoms with Gasteiger partial charge >= 0.3 is 5.97 Å². The van der Waals surface area contributed by atoms with Crippen LogP contribution in [-0.2, 0) is 0 Å². The van der Waals surface area contributed by atoms with Crippen LogP contribution in [0, 0.1) is 0 Å². The summed E-state index contributed by atoms with van der Waals surface area (Å²) in [7, 11) is 0. The van der Waals surface area contributed by atoms with Crippen LogP contribution in [0.4, 0.5) is 5.69 Å². The number of aliphatic hydroxyl groups excluding tert-OH is 1. The Morgan fingerprint density at radius 3 is 2.81 bits per heavy atom. The highest BCUT2D eigenvalue weighted by molar-refractivity contribution is 5.86. The van der Waals surface area contributed by atoms with Crippen molar-refractivity contribution in [1.29, 1.82) is 0 Å². The third kappa shape index (κ3) is 1.99. The summed E-state index contributed by atoms with van der Waals surface area (Å²) < 4.78 is 0. The monoisotopic (exact) mass is 222 g/mol. The first-order chi connectivity index (χ1) is 7.65. The second kappa shape index (κ2) is 4.09. The zero-order valence-corrected chi connectivity index (χ0v) is 8.81. The number of pyridine rings is 1. The van der Waals surface area contributed by atoms with Crippen LogP contribution in [-0.4, -0.2) is 33.3 Å². The predicted octanol–water partition coefficient (Wildman–Crippen LogP) is 1.11. The van der Waals surface area contributed by atoms with Crippen LogP contribution in [0.1, 0.15) is 29.8 Å². The van der Waals surface area contributed by atoms with E-state index in [0.29, 0.717) is 5.69 Å². The van der Waals surface area contributed by atoms with Crippen LogP contribution < -0.4 is 5.32 Å². The molecular formula is C11H14N2O3. The minimum Gasteiger partial charge on any atom is -0.477 e. The van der Waals surface area contributed by atoms with Crippen molar-refractivity contribution in [2.75, 3.05) is 11.9 Å². The van der Waals surface area contributed by atoms with E-state index in [1.807, 2.05) is 0 Å². The molecule has 0 atom stereocenters. The van der Waals surface area contributed by atoms with Crippen LogP contribution in [0.25, 0.3) is 0 Å². The molecule has 16 heavy (non-hydrogen) atoms. The maximum atomic E-state index is 10.7. The second-order valence-corrected chi connectivity index (χ2v) is 4.15. The number of aromatic nitrogens is 1. The number of hydrogen-bond donors (Lipinski definition) is 3. The first kappa shape index (κ1) is 10.9. The largest absolute Gasteiger partial charge is 0.477 e. The normalized spacial score (nSPS) is 17.6. The standard InChI is InChI=1S/C11H14N2O3/c14-7-11(3-1-4-11)13-8-2-5-12-9(6-8)10(15)16/h2,5-6,14H,1,3-4,7H2,(H,12,13)(H,15,16). The molecule has 0 aromatic carbocycles. The van der Waals surface area contributed by atoms with E-state index >= 15 is 0 Å². The van der Waals surface area contributed by atoms with Crippen LogP contribution in [0.3, 0.4) is 0 Å². The predicted molar refractivity (Wildman–Crippen MR) is 58.5 cm³/mol. The molecule has 1 saturated carbocycles. The number of nitrogens with zero attached hydrogens (tertiary/aromatic N) is 1. The van der Waals surface area contributed by atoms with E-state index in [0.717, 1.165) is 19.3 Å². The summed E-state index contributed by atoms with van der Waals surface area (Å²) in [6.45, 7) is 0.0672. The van der Waals surface area contributed by atoms with Gasteiger partial charge in [-0.1, -0.05) is 0 Å². The number of aliphatic hydroxyl groups is 1. The number of carboxylic acid groups (broad SMARTS) is 1. The highest BCUT2D eigenvalue weighted by atomic mass is 16.4. The number of carbonyl (C=O) groups is 1. The van der Waals surface area contributed by atoms with Crippen molar-refractivity contribution < 1.29 is 15.0 Å². The summed E-state index contributed by atoms with van der Waals surface area (Å²) in [4.78, 5) is 14.5. The van der Waals surface area contributed by atoms with Gasteiger partial charge in [0.15, 0.2) is 0 Å². The van der Waals surface area contributed by atoms with Gasteiger partial charge in [-0.3, -0.25) is 0 Å². The highest BCUT2D eigenvalue weighted by Crippen LogP contribution is 2.34. The van der Waals surface area contributed by atoms with Crippen molar-refractivity contribution in [2.45, 2.75) is 24.8 Å². The fourth-order valence-corrected chi connectivity index (χ4v) is 1.86. The Kier molecular flexibility index (Phi) is 2.78. The van der Waals surface area contributed by atoms with E-state index in [1.54, 1.807) is 6.07 Å². The minimum absolute atomic E-state index is 0.0115. The molecule has 1 heterocycles. The first-order valence-corrected chi connectivity index (χ1v) is 5.24. The molecule has 2 rings (SSSR count). The smallest absolute Gasteiger partial charge is 0.354 e. The maximum absolute atomic E-state index is 10.7. The summed E-state index contributed by atoms with van der Waals surface area (Å²) in [5.41, 5.74) is 0.440. The Hall–Kier alpha value is -1.62. The molecule has 5 nitrogen and oxygen atoms in total. The van der Waals surface area contributed by atoms with Crippen LogP contribution in [0.2, 0.25) is 0 Å². The number of rotatable bonds is 4. The second-order valence-electron chi connectivity index (χ2n) is 4.15. The molecule has 1 aromatic heterocycles. The number of carboxylic acids is 1. The molecule has 3 N–H and O–H groups in total. The van der Waals surface area contributed by atoms with Gasteiger partial charge < -0.3 is 15.5 Å². The summed E-state index contributed by atoms with van der Waals surface area (Å²) >= 11 is 0. The molecule has 0 spiro atoms. The quantitative estimate of drug-likeness (QED) is 0.710. The molecule has 1 aliphatic rings. The molecule has 0 saturated heterocycles. The molecule has 1 aromatic rings. The Balaban J connectivity index is 2.15. The molecule has 0 amide bonds. The lowest BCUT2D eigenvalue weighted by molar-refractivity contribution is 0.0690. The van der Waals surface area contributed by atoms with Crippen molar-refractivity contribution in [3.8, 4) is 0 Å². The Labute approximate surface area is 93.1 Å². The van der Waals surface area contributed by atoms with Gasteiger partial charge in [0.1, 0.15) is 5.69 Å². The number of nitrogens with one attached hydrogen (secondary N) is 1. The van der Waals surface area contributed by atoms with Crippen molar-refractivity contribution in [1.82, 2.24) is 4.98 Å². The zero-order chi connectivity index (χ0) is 11.6. The lowest BCUT2D eigenvalue weighted by atomic mass is 9.77. The Morgan fingerprint density at radius 1 is 1.56 bits per heavy atom. The SMILES string of the molecule is O=C(O)c1cc(NC2(CO)CCC2)ccn1. The van der Waals surface area contributed by atoms with E-state index < -0.39 is 5.97 Å². The molecule has 86 valence electrons. The fraction of sp³-hybridized carbons (Fsp3) is 0.455. The van der Waals surface area contributed by atoms with Crippen molar-refractivity contribution in [2.24, 2.45) is 0 Å². The molecule has 1 aliphatic carbocycles. The van der Waals surface area contributed by atoms with Gasteiger partial charge in [0.2, 0.25) is 0 Å². The van der Waals surface area contributed by atoms with E-state index in [9.17, 15) is 9.90 Å². The Bertz CT molecular complexity index is 396. The third-order valence-electron chi connectivity index (χ3n) is 3.00. The summed E-state index contributed by atoms with van der Waals surface area (Å²) in [6.07, 6.45) is 4.36. The average molecular weight is 222 g/mol. The lowest BCUT2D eigenvalue weighted by Crippen LogP contribution is -2.48. The van der Waals surface area contributed by atoms with Crippen LogP contribution >= 0.6 is 0 Å². The van der Waals surface area contributed by atoms with E-state index in [1.165, 1.54) is 12.3 Å². The lowest BCUT2D eigenvalue weighted by Gasteiger charge is -2.41. The maximum Gasteiger partial charge on any atom is 0.354 e. The minimum atomic E-state index is -1.05. The Morgan fingerprint density at radius 2 is 2.31 bits per heavy atom. The summed E-state index contributed by atoms with van der Waals surface area (Å²) in [5.74, 6) is -1.05. The van der Waals surface area contributed by atoms with Gasteiger partial charge in [-0.15, -0.1) is 0 Å². The summed E-state index contributed by atoms with van der Waals surface area (Å²) in [6, 6.07) is 3.19. The molecule has 1 fully saturated rings. The van der Waals surface area contributed by atoms with E-state index in [2.05, 4.69) is 10.3 Å². The third-order valence-corrected chi connectivity index (χ3v) is 3.00. The topological polar surface area (TPSA) is 82.5 Å². The highest BCUT2D eigenvalue weighted by Gasteiger charge is 2.36. The van der Waals surface area contributed by atoms with Gasteiger partial charge in [0.25, 0.3) is 0 Å². The fourth-order valence-electron chi connectivity index (χ4n) is 1.86. The van der Waals surface area contributed by atoms with Crippen molar-refractivity contribution in [3.05, 3.63) is 24.0 Å². The molecule has 0 bridgehead atoms. The number of aromatic carboxylic acids is 1. The molecule has 0 radical (unpaired) electrons. The van der Waals surface area contributed by atoms with Gasteiger partial charge in [0, 0.05) is 11.9 Å². The first-order valence-electron chi connectivity index (χ1n) is 5.24. The van der Waals surface area contributed by atoms with E-state index in [4.69, 9.17) is 5.11 Å². The van der Waals surface area contributed by atoms with Crippen molar-refractivity contribution >= 4 is 11.7 Å². The summed E-state index contributed by atoms with van der Waals surface area (Å²) in [5, 5.41) is 21.3. The zero-order valence-electron chi connectivity index (χ0n) is 8.81. The molecule has 0 aliphatic heterocycles. The molecule has 5 heteroatoms. The van der Waals surface area contributed by atoms with Gasteiger partial charge in [-0.25, -0.2) is 9.78 Å². The number of hydrogen-bond acceptors (Lipinski definition) is 4. The molecule has 0 unspecified atom stereocenters.